The lowest BCUT2D eigenvalue weighted by Gasteiger charge is -2.30. The quantitative estimate of drug-likeness (QED) is 0.394. The minimum atomic E-state index is 0.261. The van der Waals surface area contributed by atoms with Gasteiger partial charge in [0, 0.05) is 38.1 Å². The van der Waals surface area contributed by atoms with Crippen LogP contribution in [0.4, 0.5) is 11.9 Å². The summed E-state index contributed by atoms with van der Waals surface area (Å²) in [4.78, 5) is 11.8. The third kappa shape index (κ3) is 3.72. The lowest BCUT2D eigenvalue weighted by molar-refractivity contribution is 0.495. The molecule has 5 rings (SSSR count). The van der Waals surface area contributed by atoms with Crippen LogP contribution < -0.4 is 16.0 Å². The van der Waals surface area contributed by atoms with Gasteiger partial charge in [-0.15, -0.1) is 0 Å². The summed E-state index contributed by atoms with van der Waals surface area (Å²) in [6.07, 6.45) is 7.43. The van der Waals surface area contributed by atoms with Crippen LogP contribution in [0.3, 0.4) is 0 Å². The molecule has 0 aliphatic carbocycles. The average molecular weight is 515 g/mol. The van der Waals surface area contributed by atoms with Crippen molar-refractivity contribution in [2.75, 3.05) is 23.3 Å². The fourth-order valence-corrected chi connectivity index (χ4v) is 4.14. The van der Waals surface area contributed by atoms with Gasteiger partial charge in [-0.2, -0.15) is 24.7 Å². The van der Waals surface area contributed by atoms with Crippen molar-refractivity contribution in [1.29, 1.82) is 0 Å². The van der Waals surface area contributed by atoms with Gasteiger partial charge in [0.05, 0.1) is 15.5 Å². The number of fused-ring (bicyclic) bond motifs is 1. The van der Waals surface area contributed by atoms with Crippen molar-refractivity contribution in [3.05, 3.63) is 58.1 Å². The molecule has 0 radical (unpaired) electrons. The third-order valence-corrected chi connectivity index (χ3v) is 6.08. The molecule has 1 aliphatic heterocycles. The lowest BCUT2D eigenvalue weighted by Crippen LogP contribution is -2.40. The highest BCUT2D eigenvalue weighted by Crippen LogP contribution is 2.22. The fourth-order valence-electron chi connectivity index (χ4n) is 3.66. The minimum absolute atomic E-state index is 0.261. The molecule has 0 saturated carbocycles. The Bertz CT molecular complexity index is 1150. The summed E-state index contributed by atoms with van der Waals surface area (Å²) in [7, 11) is 0. The van der Waals surface area contributed by atoms with E-state index in [9.17, 15) is 0 Å². The van der Waals surface area contributed by atoms with Crippen molar-refractivity contribution < 1.29 is 0 Å². The van der Waals surface area contributed by atoms with Crippen molar-refractivity contribution in [2.45, 2.75) is 25.4 Å². The van der Waals surface area contributed by atoms with Crippen LogP contribution in [0, 0.1) is 3.57 Å². The van der Waals surface area contributed by atoms with Crippen LogP contribution in [0.2, 0.25) is 0 Å². The highest BCUT2D eigenvalue weighted by Gasteiger charge is 2.21. The van der Waals surface area contributed by atoms with Gasteiger partial charge >= 0.3 is 0 Å². The highest BCUT2D eigenvalue weighted by atomic mass is 127. The first-order chi connectivity index (χ1) is 14.7. The van der Waals surface area contributed by atoms with Gasteiger partial charge < -0.3 is 16.0 Å². The number of nitrogens with two attached hydrogens (primary N) is 1. The zero-order valence-electron chi connectivity index (χ0n) is 16.3. The summed E-state index contributed by atoms with van der Waals surface area (Å²) in [6.45, 7) is 2.32. The number of piperidine rings is 1. The molecule has 154 valence electrons. The maximum atomic E-state index is 6.07. The molecular formula is C20H22IN9. The first-order valence-electron chi connectivity index (χ1n) is 9.92. The average Bonchev–Trinajstić information content (AvgIpc) is 3.43. The monoisotopic (exact) mass is 515 g/mol. The Morgan fingerprint density at radius 3 is 2.73 bits per heavy atom. The number of anilines is 2. The summed E-state index contributed by atoms with van der Waals surface area (Å²) in [5.74, 6) is 1.39. The number of hydrogen-bond donors (Lipinski definition) is 2. The molecule has 1 saturated heterocycles. The predicted octanol–water partition coefficient (Wildman–Crippen LogP) is 2.45. The Kier molecular flexibility index (Phi) is 5.25. The van der Waals surface area contributed by atoms with Crippen molar-refractivity contribution in [2.24, 2.45) is 5.73 Å². The van der Waals surface area contributed by atoms with E-state index in [1.54, 1.807) is 10.7 Å². The molecule has 1 aromatic carbocycles. The molecular weight excluding hydrogens is 493 g/mol. The largest absolute Gasteiger partial charge is 0.350 e. The van der Waals surface area contributed by atoms with E-state index in [1.165, 1.54) is 0 Å². The first-order valence-corrected chi connectivity index (χ1v) is 11.0. The van der Waals surface area contributed by atoms with Crippen molar-refractivity contribution in [3.63, 3.8) is 0 Å². The van der Waals surface area contributed by atoms with E-state index >= 15 is 0 Å². The van der Waals surface area contributed by atoms with Gasteiger partial charge in [-0.25, -0.2) is 4.68 Å². The summed E-state index contributed by atoms with van der Waals surface area (Å²) in [6, 6.07) is 10.4. The van der Waals surface area contributed by atoms with E-state index in [0.29, 0.717) is 12.5 Å². The van der Waals surface area contributed by atoms with Gasteiger partial charge in [0.1, 0.15) is 0 Å². The van der Waals surface area contributed by atoms with E-state index in [0.717, 1.165) is 52.3 Å². The van der Waals surface area contributed by atoms with Crippen LogP contribution >= 0.6 is 22.6 Å². The second kappa shape index (κ2) is 8.19. The van der Waals surface area contributed by atoms with Gasteiger partial charge in [0.25, 0.3) is 0 Å². The fraction of sp³-hybridized carbons (Fsp3) is 0.300. The van der Waals surface area contributed by atoms with Crippen LogP contribution in [-0.2, 0) is 6.54 Å². The molecule has 3 aromatic heterocycles. The molecule has 10 heteroatoms. The standard InChI is InChI=1S/C20H22IN9/c21-16-13-25-30-18(16)26-20(28-10-6-15(22)7-11-28)27-19(30)23-12-14-4-1-2-5-17(14)29-9-3-8-24-29/h1-5,8-9,13,15H,6-7,10-12,22H2,(H,23,26,27). The Morgan fingerprint density at radius 2 is 1.93 bits per heavy atom. The van der Waals surface area contributed by atoms with Crippen LogP contribution in [0.5, 0.6) is 0 Å². The Morgan fingerprint density at radius 1 is 1.10 bits per heavy atom. The Hall–Kier alpha value is -2.73. The number of benzene rings is 1. The molecule has 3 N–H and O–H groups in total. The zero-order valence-corrected chi connectivity index (χ0v) is 18.5. The third-order valence-electron chi connectivity index (χ3n) is 5.32. The molecule has 9 nitrogen and oxygen atoms in total. The van der Waals surface area contributed by atoms with Gasteiger partial charge in [0.15, 0.2) is 5.65 Å². The lowest BCUT2D eigenvalue weighted by atomic mass is 10.1. The van der Waals surface area contributed by atoms with E-state index in [-0.39, 0.29) is 6.04 Å². The summed E-state index contributed by atoms with van der Waals surface area (Å²) in [5.41, 5.74) is 9.01. The SMILES string of the molecule is NC1CCN(c2nc(NCc3ccccc3-n3cccn3)n3ncc(I)c3n2)CC1. The summed E-state index contributed by atoms with van der Waals surface area (Å²) < 4.78 is 4.62. The molecule has 0 bridgehead atoms. The molecule has 4 heterocycles. The molecule has 1 fully saturated rings. The van der Waals surface area contributed by atoms with Crippen molar-refractivity contribution >= 4 is 40.1 Å². The van der Waals surface area contributed by atoms with Gasteiger partial charge in [-0.05, 0) is 53.1 Å². The second-order valence-electron chi connectivity index (χ2n) is 7.33. The number of para-hydroxylation sites is 1. The maximum Gasteiger partial charge on any atom is 0.230 e. The molecule has 0 spiro atoms. The van der Waals surface area contributed by atoms with E-state index in [4.69, 9.17) is 15.7 Å². The van der Waals surface area contributed by atoms with Gasteiger partial charge in [-0.1, -0.05) is 18.2 Å². The predicted molar refractivity (Wildman–Crippen MR) is 124 cm³/mol. The number of aromatic nitrogens is 6. The molecule has 0 amide bonds. The van der Waals surface area contributed by atoms with E-state index in [2.05, 4.69) is 55.1 Å². The van der Waals surface area contributed by atoms with E-state index < -0.39 is 0 Å². The smallest absolute Gasteiger partial charge is 0.230 e. The minimum Gasteiger partial charge on any atom is -0.350 e. The van der Waals surface area contributed by atoms with Gasteiger partial charge in [0.2, 0.25) is 11.9 Å². The van der Waals surface area contributed by atoms with Crippen LogP contribution in [0.1, 0.15) is 18.4 Å². The molecule has 30 heavy (non-hydrogen) atoms. The number of nitrogens with one attached hydrogen (secondary N) is 1. The normalized spacial score (nSPS) is 15.1. The maximum absolute atomic E-state index is 6.07. The number of hydrogen-bond acceptors (Lipinski definition) is 7. The molecule has 0 unspecified atom stereocenters. The van der Waals surface area contributed by atoms with Crippen LogP contribution in [-0.4, -0.2) is 48.5 Å². The van der Waals surface area contributed by atoms with Crippen LogP contribution in [0.25, 0.3) is 11.3 Å². The Balaban J connectivity index is 1.46. The second-order valence-corrected chi connectivity index (χ2v) is 8.49. The molecule has 4 aromatic rings. The van der Waals surface area contributed by atoms with Crippen LogP contribution in [0.15, 0.2) is 48.9 Å². The van der Waals surface area contributed by atoms with Crippen molar-refractivity contribution in [3.8, 4) is 5.69 Å². The van der Waals surface area contributed by atoms with E-state index in [1.807, 2.05) is 35.3 Å². The summed E-state index contributed by atoms with van der Waals surface area (Å²) >= 11 is 2.26. The zero-order chi connectivity index (χ0) is 20.5. The topological polar surface area (TPSA) is 102 Å². The number of rotatable bonds is 5. The number of halogens is 1. The van der Waals surface area contributed by atoms with Gasteiger partial charge in [-0.3, -0.25) is 0 Å². The number of nitrogens with zero attached hydrogens (tertiary/aromatic N) is 7. The first kappa shape index (κ1) is 19.2. The molecule has 1 aliphatic rings. The summed E-state index contributed by atoms with van der Waals surface area (Å²) in [5, 5.41) is 12.3. The molecule has 0 atom stereocenters. The van der Waals surface area contributed by atoms with Crippen molar-refractivity contribution in [1.82, 2.24) is 29.4 Å². The Labute approximate surface area is 187 Å². The highest BCUT2D eigenvalue weighted by molar-refractivity contribution is 14.1.